The van der Waals surface area contributed by atoms with Gasteiger partial charge in [0.05, 0.1) is 20.8 Å². The van der Waals surface area contributed by atoms with Gasteiger partial charge in [-0.05, 0) is 87.0 Å². The molecule has 0 amide bonds. The monoisotopic (exact) mass is 477 g/mol. The third-order valence-electron chi connectivity index (χ3n) is 7.06. The molecule has 2 aromatic carbocycles. The molecule has 0 heterocycles. The van der Waals surface area contributed by atoms with Gasteiger partial charge in [0.25, 0.3) is 0 Å². The van der Waals surface area contributed by atoms with Gasteiger partial charge in [-0.3, -0.25) is 9.59 Å². The van der Waals surface area contributed by atoms with E-state index < -0.39 is 0 Å². The van der Waals surface area contributed by atoms with Crippen molar-refractivity contribution in [3.8, 4) is 5.75 Å². The van der Waals surface area contributed by atoms with Crippen LogP contribution >= 0.6 is 0 Å². The number of benzene rings is 2. The molecule has 4 rings (SSSR count). The smallest absolute Gasteiger partial charge is 0.228 e. The number of carbonyl (C=O) groups excluding carboxylic acids is 2. The third kappa shape index (κ3) is 5.59. The number of ether oxygens (including phenoxy) is 3. The Morgan fingerprint density at radius 1 is 0.857 bits per heavy atom. The van der Waals surface area contributed by atoms with E-state index in [2.05, 4.69) is 49.3 Å². The van der Waals surface area contributed by atoms with Crippen LogP contribution < -0.4 is 4.74 Å². The number of likely N-dealkylation sites (N-methyl/N-ethyl adjacent to an activating group) is 1. The highest BCUT2D eigenvalue weighted by Gasteiger charge is 2.37. The Morgan fingerprint density at radius 3 is 2.06 bits per heavy atom. The van der Waals surface area contributed by atoms with Crippen molar-refractivity contribution in [2.24, 2.45) is 5.92 Å². The average molecular weight is 478 g/mol. The number of Topliss-reactive ketones (excluding diaryl/α,β-unsaturated/α-hetero) is 2. The van der Waals surface area contributed by atoms with Crippen molar-refractivity contribution in [3.05, 3.63) is 64.6 Å². The molecule has 0 saturated heterocycles. The van der Waals surface area contributed by atoms with Crippen LogP contribution in [0.1, 0.15) is 37.7 Å². The summed E-state index contributed by atoms with van der Waals surface area (Å²) < 4.78 is 16.5. The van der Waals surface area contributed by atoms with Gasteiger partial charge in [0.15, 0.2) is 0 Å². The van der Waals surface area contributed by atoms with Crippen LogP contribution in [0.4, 0.5) is 0 Å². The van der Waals surface area contributed by atoms with Gasteiger partial charge in [-0.2, -0.15) is 0 Å². The minimum absolute atomic E-state index is 0.0270. The summed E-state index contributed by atoms with van der Waals surface area (Å²) in [6.45, 7) is 1.64. The molecule has 0 aromatic heterocycles. The summed E-state index contributed by atoms with van der Waals surface area (Å²) >= 11 is 0. The van der Waals surface area contributed by atoms with Gasteiger partial charge in [-0.25, -0.2) is 0 Å². The first-order valence-corrected chi connectivity index (χ1v) is 12.3. The van der Waals surface area contributed by atoms with Gasteiger partial charge >= 0.3 is 0 Å². The number of rotatable bonds is 9. The highest BCUT2D eigenvalue weighted by molar-refractivity contribution is 6.23. The van der Waals surface area contributed by atoms with E-state index in [0.29, 0.717) is 36.5 Å². The molecule has 2 aliphatic carbocycles. The van der Waals surface area contributed by atoms with E-state index >= 15 is 0 Å². The van der Waals surface area contributed by atoms with Crippen LogP contribution in [0.5, 0.6) is 5.75 Å². The number of hydrogen-bond donors (Lipinski definition) is 0. The fourth-order valence-corrected chi connectivity index (χ4v) is 5.00. The molecular formula is C29H35NO5. The topological polar surface area (TPSA) is 65.1 Å². The van der Waals surface area contributed by atoms with Crippen LogP contribution in [0, 0.1) is 5.92 Å². The molecule has 0 fully saturated rings. The Labute approximate surface area is 207 Å². The highest BCUT2D eigenvalue weighted by Crippen LogP contribution is 2.37. The lowest BCUT2D eigenvalue weighted by Gasteiger charge is -2.20. The summed E-state index contributed by atoms with van der Waals surface area (Å²) in [5, 5.41) is 2.40. The van der Waals surface area contributed by atoms with Crippen molar-refractivity contribution < 1.29 is 23.8 Å². The number of fused-ring (bicyclic) bond motifs is 1. The van der Waals surface area contributed by atoms with Crippen molar-refractivity contribution in [1.82, 2.24) is 4.90 Å². The van der Waals surface area contributed by atoms with E-state index in [1.54, 1.807) is 0 Å². The summed E-state index contributed by atoms with van der Waals surface area (Å²) in [5.41, 5.74) is 2.53. The fourth-order valence-electron chi connectivity index (χ4n) is 5.00. The number of hydrogen-bond acceptors (Lipinski definition) is 6. The first-order valence-electron chi connectivity index (χ1n) is 12.3. The molecule has 0 spiro atoms. The minimum atomic E-state index is -0.211. The zero-order valence-corrected chi connectivity index (χ0v) is 21.2. The van der Waals surface area contributed by atoms with Gasteiger partial charge in [0.2, 0.25) is 23.1 Å². The SMILES string of the molecule is COC1=C(OC)C(=O)C2=C(CCC(CCOc3ccc4cc(CCN(C)C)ccc4c3)CC2)C1=O. The minimum Gasteiger partial charge on any atom is -0.494 e. The molecule has 0 atom stereocenters. The Morgan fingerprint density at radius 2 is 1.46 bits per heavy atom. The molecule has 0 aliphatic heterocycles. The van der Waals surface area contributed by atoms with Crippen molar-refractivity contribution in [1.29, 1.82) is 0 Å². The molecule has 0 N–H and O–H groups in total. The maximum Gasteiger partial charge on any atom is 0.228 e. The normalized spacial score (nSPS) is 17.2. The van der Waals surface area contributed by atoms with Crippen LogP contribution in [0.25, 0.3) is 10.8 Å². The lowest BCUT2D eigenvalue weighted by atomic mass is 9.89. The second-order valence-electron chi connectivity index (χ2n) is 9.66. The van der Waals surface area contributed by atoms with Crippen LogP contribution in [-0.4, -0.2) is 57.9 Å². The largest absolute Gasteiger partial charge is 0.494 e. The Bertz CT molecular complexity index is 1140. The van der Waals surface area contributed by atoms with Crippen LogP contribution in [0.3, 0.4) is 0 Å². The standard InChI is InChI=1S/C29H35NO5/c1-30(2)15-13-20-5-8-22-18-23(10-9-21(22)17-20)35-16-14-19-6-11-24-25(12-7-19)27(32)29(34-4)28(33-3)26(24)31/h5,8-10,17-19H,6-7,11-16H2,1-4H3. The molecule has 0 bridgehead atoms. The summed E-state index contributed by atoms with van der Waals surface area (Å²) in [4.78, 5) is 27.9. The van der Waals surface area contributed by atoms with E-state index in [1.165, 1.54) is 30.6 Å². The first-order chi connectivity index (χ1) is 16.9. The number of carbonyl (C=O) groups is 2. The van der Waals surface area contributed by atoms with Crippen LogP contribution in [0.15, 0.2) is 59.1 Å². The van der Waals surface area contributed by atoms with Gasteiger partial charge in [0.1, 0.15) is 5.75 Å². The number of methoxy groups -OCH3 is 2. The molecule has 0 radical (unpaired) electrons. The number of allylic oxidation sites excluding steroid dienone is 2. The van der Waals surface area contributed by atoms with Crippen molar-refractivity contribution >= 4 is 22.3 Å². The molecule has 0 saturated carbocycles. The Hall–Kier alpha value is -3.12. The fraction of sp³-hybridized carbons (Fsp3) is 0.448. The van der Waals surface area contributed by atoms with Gasteiger partial charge < -0.3 is 19.1 Å². The van der Waals surface area contributed by atoms with Gasteiger partial charge in [-0.15, -0.1) is 0 Å². The van der Waals surface area contributed by atoms with Gasteiger partial charge in [-0.1, -0.05) is 24.3 Å². The van der Waals surface area contributed by atoms with Crippen molar-refractivity contribution in [2.45, 2.75) is 38.5 Å². The number of nitrogens with zero attached hydrogens (tertiary/aromatic N) is 1. The second kappa shape index (κ2) is 11.1. The van der Waals surface area contributed by atoms with E-state index in [9.17, 15) is 9.59 Å². The lowest BCUT2D eigenvalue weighted by molar-refractivity contribution is -0.121. The lowest BCUT2D eigenvalue weighted by Crippen LogP contribution is -2.25. The summed E-state index contributed by atoms with van der Waals surface area (Å²) in [7, 11) is 6.99. The zero-order valence-electron chi connectivity index (χ0n) is 21.2. The van der Waals surface area contributed by atoms with Crippen LogP contribution in [0.2, 0.25) is 0 Å². The molecule has 186 valence electrons. The third-order valence-corrected chi connectivity index (χ3v) is 7.06. The quantitative estimate of drug-likeness (QED) is 0.481. The second-order valence-corrected chi connectivity index (χ2v) is 9.66. The predicted molar refractivity (Wildman–Crippen MR) is 136 cm³/mol. The predicted octanol–water partition coefficient (Wildman–Crippen LogP) is 4.86. The highest BCUT2D eigenvalue weighted by atomic mass is 16.5. The first kappa shape index (κ1) is 25.0. The van der Waals surface area contributed by atoms with E-state index in [-0.39, 0.29) is 23.1 Å². The zero-order chi connectivity index (χ0) is 24.9. The summed E-state index contributed by atoms with van der Waals surface area (Å²) in [5.74, 6) is 0.888. The molecule has 6 heteroatoms. The Balaban J connectivity index is 1.32. The van der Waals surface area contributed by atoms with E-state index in [4.69, 9.17) is 14.2 Å². The van der Waals surface area contributed by atoms with Gasteiger partial charge in [0, 0.05) is 17.7 Å². The summed E-state index contributed by atoms with van der Waals surface area (Å²) in [6, 6.07) is 12.9. The van der Waals surface area contributed by atoms with Crippen molar-refractivity contribution in [2.75, 3.05) is 41.5 Å². The maximum atomic E-state index is 12.9. The number of ketones is 2. The van der Waals surface area contributed by atoms with E-state index in [1.807, 2.05) is 6.07 Å². The van der Waals surface area contributed by atoms with Crippen LogP contribution in [-0.2, 0) is 25.5 Å². The Kier molecular flexibility index (Phi) is 7.91. The molecule has 2 aromatic rings. The molecule has 6 nitrogen and oxygen atoms in total. The average Bonchev–Trinajstić information content (AvgIpc) is 3.07. The van der Waals surface area contributed by atoms with Crippen molar-refractivity contribution in [3.63, 3.8) is 0 Å². The van der Waals surface area contributed by atoms with E-state index in [0.717, 1.165) is 38.0 Å². The molecular weight excluding hydrogens is 442 g/mol. The molecule has 35 heavy (non-hydrogen) atoms. The maximum absolute atomic E-state index is 12.9. The molecule has 2 aliphatic rings. The molecule has 0 unspecified atom stereocenters. The summed E-state index contributed by atoms with van der Waals surface area (Å²) in [6.07, 6.45) is 4.79.